The molecule has 8 nitrogen and oxygen atoms in total. The van der Waals surface area contributed by atoms with E-state index >= 15 is 0 Å². The van der Waals surface area contributed by atoms with Gasteiger partial charge >= 0.3 is 0 Å². The number of nitrogens with zero attached hydrogens (tertiary/aromatic N) is 1. The minimum absolute atomic E-state index is 0.00751. The summed E-state index contributed by atoms with van der Waals surface area (Å²) < 4.78 is 0. The number of nitrogens with one attached hydrogen (secondary N) is 2. The van der Waals surface area contributed by atoms with Crippen LogP contribution in [0.2, 0.25) is 0 Å². The van der Waals surface area contributed by atoms with Crippen molar-refractivity contribution in [1.29, 1.82) is 0 Å². The third kappa shape index (κ3) is 4.05. The maximum Gasteiger partial charge on any atom is 0.243 e. The molecule has 2 saturated carbocycles. The van der Waals surface area contributed by atoms with Crippen molar-refractivity contribution in [3.05, 3.63) is 0 Å². The Morgan fingerprint density at radius 3 is 2.42 bits per heavy atom. The summed E-state index contributed by atoms with van der Waals surface area (Å²) in [5.74, 6) is -1.03. The van der Waals surface area contributed by atoms with Crippen LogP contribution in [-0.2, 0) is 19.2 Å². The van der Waals surface area contributed by atoms with Crippen LogP contribution in [0.25, 0.3) is 0 Å². The molecule has 2 heterocycles. The van der Waals surface area contributed by atoms with Gasteiger partial charge in [-0.15, -0.1) is 0 Å². The Bertz CT molecular complexity index is 826. The molecular weight excluding hydrogens is 396 g/mol. The largest absolute Gasteiger partial charge is 0.368 e. The molecule has 4 N–H and O–H groups in total. The van der Waals surface area contributed by atoms with Crippen molar-refractivity contribution in [3.8, 4) is 0 Å². The minimum Gasteiger partial charge on any atom is -0.368 e. The van der Waals surface area contributed by atoms with E-state index in [-0.39, 0.29) is 58.3 Å². The molecule has 2 aliphatic carbocycles. The molecule has 172 valence electrons. The molecule has 4 rings (SSSR count). The lowest BCUT2D eigenvalue weighted by atomic mass is 9.90. The summed E-state index contributed by atoms with van der Waals surface area (Å²) in [6.07, 6.45) is 3.18. The number of carbonyl (C=O) groups excluding carboxylic acids is 4. The fourth-order valence-corrected chi connectivity index (χ4v) is 5.84. The topological polar surface area (TPSA) is 122 Å². The number of piperidine rings is 1. The van der Waals surface area contributed by atoms with Gasteiger partial charge in [-0.05, 0) is 48.3 Å². The maximum absolute atomic E-state index is 13.3. The zero-order chi connectivity index (χ0) is 22.9. The molecule has 4 amide bonds. The second-order valence-corrected chi connectivity index (χ2v) is 12.1. The van der Waals surface area contributed by atoms with Crippen molar-refractivity contribution in [2.75, 3.05) is 6.54 Å². The highest BCUT2D eigenvalue weighted by atomic mass is 16.2. The van der Waals surface area contributed by atoms with Crippen LogP contribution >= 0.6 is 0 Å². The highest BCUT2D eigenvalue weighted by Crippen LogP contribution is 2.65. The normalized spacial score (nSPS) is 32.9. The van der Waals surface area contributed by atoms with E-state index in [0.717, 1.165) is 12.8 Å². The smallest absolute Gasteiger partial charge is 0.243 e. The second-order valence-electron chi connectivity index (χ2n) is 12.1. The molecule has 0 aromatic rings. The molecule has 0 bridgehead atoms. The number of likely N-dealkylation sites (tertiary alicyclic amines) is 1. The van der Waals surface area contributed by atoms with E-state index in [1.165, 1.54) is 0 Å². The Labute approximate surface area is 184 Å². The van der Waals surface area contributed by atoms with E-state index in [1.54, 1.807) is 4.90 Å². The van der Waals surface area contributed by atoms with Crippen LogP contribution in [0.4, 0.5) is 0 Å². The van der Waals surface area contributed by atoms with Crippen LogP contribution in [0.3, 0.4) is 0 Å². The average molecular weight is 433 g/mol. The van der Waals surface area contributed by atoms with E-state index in [4.69, 9.17) is 5.73 Å². The van der Waals surface area contributed by atoms with Crippen LogP contribution in [0.15, 0.2) is 0 Å². The monoisotopic (exact) mass is 432 g/mol. The van der Waals surface area contributed by atoms with Crippen molar-refractivity contribution < 1.29 is 19.2 Å². The van der Waals surface area contributed by atoms with E-state index in [0.29, 0.717) is 19.4 Å². The predicted octanol–water partition coefficient (Wildman–Crippen LogP) is 0.935. The number of carbonyl (C=O) groups is 4. The summed E-state index contributed by atoms with van der Waals surface area (Å²) in [7, 11) is 0. The van der Waals surface area contributed by atoms with Gasteiger partial charge in [0.25, 0.3) is 0 Å². The molecule has 4 fully saturated rings. The SMILES string of the molecule is CC(C)(C)CC(=O)N1C[C@H]2[C@@H]([C@H]1C(=O)N[C@@H](C[C@@H]1CC3(CC3)NC1=O)C(N)=O)C2(C)C. The molecule has 0 unspecified atom stereocenters. The highest BCUT2D eigenvalue weighted by Gasteiger charge is 2.69. The van der Waals surface area contributed by atoms with Crippen molar-refractivity contribution in [1.82, 2.24) is 15.5 Å². The minimum atomic E-state index is -0.919. The Morgan fingerprint density at radius 1 is 1.26 bits per heavy atom. The molecule has 0 aromatic carbocycles. The van der Waals surface area contributed by atoms with E-state index in [9.17, 15) is 19.2 Å². The van der Waals surface area contributed by atoms with Gasteiger partial charge in [0.1, 0.15) is 12.1 Å². The Balaban J connectivity index is 1.46. The standard InChI is InChI=1S/C23H36N4O4/c1-21(2,3)10-15(28)27-11-13-16(22(13,4)5)17(27)20(31)25-14(18(24)29)8-12-9-23(6-7-23)26-19(12)30/h12-14,16-17H,6-11H2,1-5H3,(H2,24,29)(H,25,31)(H,26,30)/t12-,13+,14+,16+,17+/m1/s1. The highest BCUT2D eigenvalue weighted by molar-refractivity contribution is 5.93. The van der Waals surface area contributed by atoms with E-state index < -0.39 is 18.0 Å². The van der Waals surface area contributed by atoms with Crippen LogP contribution in [0.1, 0.15) is 66.7 Å². The van der Waals surface area contributed by atoms with Gasteiger partial charge in [-0.1, -0.05) is 34.6 Å². The Kier molecular flexibility index (Phi) is 4.94. The van der Waals surface area contributed by atoms with E-state index in [2.05, 4.69) is 24.5 Å². The summed E-state index contributed by atoms with van der Waals surface area (Å²) >= 11 is 0. The lowest BCUT2D eigenvalue weighted by Crippen LogP contribution is -2.55. The second kappa shape index (κ2) is 6.94. The summed E-state index contributed by atoms with van der Waals surface area (Å²) in [5, 5.41) is 5.83. The van der Waals surface area contributed by atoms with Gasteiger partial charge in [-0.2, -0.15) is 0 Å². The first kappa shape index (κ1) is 22.1. The number of primary amides is 1. The van der Waals surface area contributed by atoms with Gasteiger partial charge in [0.15, 0.2) is 0 Å². The van der Waals surface area contributed by atoms with Crippen molar-refractivity contribution in [3.63, 3.8) is 0 Å². The van der Waals surface area contributed by atoms with Crippen molar-refractivity contribution in [2.45, 2.75) is 84.3 Å². The lowest BCUT2D eigenvalue weighted by molar-refractivity contribution is -0.142. The first-order chi connectivity index (χ1) is 14.2. The third-order valence-corrected chi connectivity index (χ3v) is 7.91. The molecule has 8 heteroatoms. The molecule has 2 aliphatic heterocycles. The first-order valence-electron chi connectivity index (χ1n) is 11.5. The van der Waals surface area contributed by atoms with Crippen molar-refractivity contribution >= 4 is 23.6 Å². The Hall–Kier alpha value is -2.12. The van der Waals surface area contributed by atoms with Gasteiger partial charge in [-0.25, -0.2) is 0 Å². The summed E-state index contributed by atoms with van der Waals surface area (Å²) in [6.45, 7) is 10.8. The fourth-order valence-electron chi connectivity index (χ4n) is 5.84. The van der Waals surface area contributed by atoms with Gasteiger partial charge in [0.05, 0.1) is 0 Å². The number of nitrogens with two attached hydrogens (primary N) is 1. The molecule has 4 aliphatic rings. The van der Waals surface area contributed by atoms with Gasteiger partial charge in [0, 0.05) is 24.4 Å². The van der Waals surface area contributed by atoms with Crippen LogP contribution in [-0.4, -0.2) is 52.7 Å². The van der Waals surface area contributed by atoms with Crippen LogP contribution < -0.4 is 16.4 Å². The zero-order valence-corrected chi connectivity index (χ0v) is 19.3. The van der Waals surface area contributed by atoms with Gasteiger partial charge in [-0.3, -0.25) is 19.2 Å². The van der Waals surface area contributed by atoms with Crippen LogP contribution in [0.5, 0.6) is 0 Å². The maximum atomic E-state index is 13.3. The molecule has 5 atom stereocenters. The van der Waals surface area contributed by atoms with Gasteiger partial charge in [0.2, 0.25) is 23.6 Å². The molecular formula is C23H36N4O4. The number of fused-ring (bicyclic) bond motifs is 1. The zero-order valence-electron chi connectivity index (χ0n) is 19.3. The predicted molar refractivity (Wildman–Crippen MR) is 114 cm³/mol. The quantitative estimate of drug-likeness (QED) is 0.578. The molecule has 1 spiro atoms. The number of hydrogen-bond donors (Lipinski definition) is 3. The number of amides is 4. The summed E-state index contributed by atoms with van der Waals surface area (Å²) in [4.78, 5) is 52.5. The third-order valence-electron chi connectivity index (χ3n) is 7.91. The van der Waals surface area contributed by atoms with E-state index in [1.807, 2.05) is 20.8 Å². The van der Waals surface area contributed by atoms with Crippen molar-refractivity contribution in [2.24, 2.45) is 34.3 Å². The number of rotatable bonds is 6. The molecule has 0 radical (unpaired) electrons. The molecule has 31 heavy (non-hydrogen) atoms. The van der Waals surface area contributed by atoms with Gasteiger partial charge < -0.3 is 21.3 Å². The average Bonchev–Trinajstić information content (AvgIpc) is 3.33. The summed E-state index contributed by atoms with van der Waals surface area (Å²) in [5.41, 5.74) is 5.32. The molecule has 2 saturated heterocycles. The lowest BCUT2D eigenvalue weighted by Gasteiger charge is -2.33. The Morgan fingerprint density at radius 2 is 1.90 bits per heavy atom. The molecule has 0 aromatic heterocycles. The number of hydrogen-bond acceptors (Lipinski definition) is 4. The summed E-state index contributed by atoms with van der Waals surface area (Å²) in [6, 6.07) is -1.51. The van der Waals surface area contributed by atoms with Crippen LogP contribution in [0, 0.1) is 28.6 Å². The fraction of sp³-hybridized carbons (Fsp3) is 0.826. The first-order valence-corrected chi connectivity index (χ1v) is 11.5.